The molecule has 8 heteroatoms. The van der Waals surface area contributed by atoms with E-state index in [4.69, 9.17) is 0 Å². The minimum atomic E-state index is -1.03. The van der Waals surface area contributed by atoms with Crippen LogP contribution in [-0.4, -0.2) is 26.4 Å². The van der Waals surface area contributed by atoms with Crippen LogP contribution in [0, 0.1) is 11.6 Å². The SMILES string of the molecule is C[C@H](NC(=O)c1cc(-c2ccc(F)cc2)cc2cnc(Cc3ccc4ccc(F)cc4c3)n12)c1ccc(C(=O)O)cc1. The van der Waals surface area contributed by atoms with Gasteiger partial charge in [-0.15, -0.1) is 0 Å². The maximum Gasteiger partial charge on any atom is 0.335 e. The van der Waals surface area contributed by atoms with Crippen LogP contribution < -0.4 is 5.32 Å². The summed E-state index contributed by atoms with van der Waals surface area (Å²) in [5.41, 5.74) is 4.28. The van der Waals surface area contributed by atoms with Crippen LogP contribution in [0.1, 0.15) is 50.8 Å². The summed E-state index contributed by atoms with van der Waals surface area (Å²) < 4.78 is 29.3. The molecule has 42 heavy (non-hydrogen) atoms. The zero-order chi connectivity index (χ0) is 29.4. The van der Waals surface area contributed by atoms with Gasteiger partial charge in [0.05, 0.1) is 23.3 Å². The molecule has 4 aromatic carbocycles. The Hall–Kier alpha value is -5.37. The first kappa shape index (κ1) is 26.8. The zero-order valence-corrected chi connectivity index (χ0v) is 22.5. The fraction of sp³-hybridized carbons (Fsp3) is 0.0882. The van der Waals surface area contributed by atoms with E-state index in [9.17, 15) is 23.5 Å². The van der Waals surface area contributed by atoms with Crippen LogP contribution in [0.3, 0.4) is 0 Å². The highest BCUT2D eigenvalue weighted by Crippen LogP contribution is 2.27. The van der Waals surface area contributed by atoms with Crippen molar-refractivity contribution in [3.63, 3.8) is 0 Å². The molecule has 2 aromatic heterocycles. The van der Waals surface area contributed by atoms with Gasteiger partial charge in [0.1, 0.15) is 23.2 Å². The predicted molar refractivity (Wildman–Crippen MR) is 157 cm³/mol. The van der Waals surface area contributed by atoms with Gasteiger partial charge in [-0.1, -0.05) is 48.5 Å². The number of hydrogen-bond acceptors (Lipinski definition) is 3. The van der Waals surface area contributed by atoms with Crippen LogP contribution in [0.25, 0.3) is 27.4 Å². The number of halogens is 2. The average molecular weight is 562 g/mol. The molecule has 0 spiro atoms. The second-order valence-electron chi connectivity index (χ2n) is 10.2. The van der Waals surface area contributed by atoms with Gasteiger partial charge >= 0.3 is 5.97 Å². The Balaban J connectivity index is 1.40. The molecular weight excluding hydrogens is 536 g/mol. The Labute approximate surface area is 239 Å². The molecule has 6 nitrogen and oxygen atoms in total. The second-order valence-corrected chi connectivity index (χ2v) is 10.2. The topological polar surface area (TPSA) is 83.7 Å². The largest absolute Gasteiger partial charge is 0.478 e. The second kappa shape index (κ2) is 10.9. The van der Waals surface area contributed by atoms with E-state index in [-0.39, 0.29) is 23.1 Å². The van der Waals surface area contributed by atoms with Gasteiger partial charge in [-0.3, -0.25) is 9.20 Å². The molecule has 0 aliphatic heterocycles. The van der Waals surface area contributed by atoms with Crippen molar-refractivity contribution in [2.75, 3.05) is 0 Å². The number of nitrogens with zero attached hydrogens (tertiary/aromatic N) is 2. The van der Waals surface area contributed by atoms with Crippen molar-refractivity contribution in [1.82, 2.24) is 14.7 Å². The summed E-state index contributed by atoms with van der Waals surface area (Å²) >= 11 is 0. The van der Waals surface area contributed by atoms with E-state index in [1.165, 1.54) is 36.4 Å². The summed E-state index contributed by atoms with van der Waals surface area (Å²) in [7, 11) is 0. The first-order chi connectivity index (χ1) is 20.2. The number of pyridine rings is 1. The number of hydrogen-bond donors (Lipinski definition) is 2. The number of carboxylic acid groups (broad SMARTS) is 1. The van der Waals surface area contributed by atoms with Crippen LogP contribution in [0.5, 0.6) is 0 Å². The van der Waals surface area contributed by atoms with Crippen LogP contribution in [0.2, 0.25) is 0 Å². The highest BCUT2D eigenvalue weighted by molar-refractivity contribution is 5.95. The lowest BCUT2D eigenvalue weighted by molar-refractivity contribution is 0.0696. The number of fused-ring (bicyclic) bond motifs is 2. The maximum absolute atomic E-state index is 13.9. The van der Waals surface area contributed by atoms with E-state index < -0.39 is 12.0 Å². The number of carbonyl (C=O) groups is 2. The third kappa shape index (κ3) is 5.34. The molecule has 2 heterocycles. The number of imidazole rings is 1. The van der Waals surface area contributed by atoms with Gasteiger partial charge in [0.25, 0.3) is 5.91 Å². The van der Waals surface area contributed by atoms with Crippen LogP contribution in [0.15, 0.2) is 103 Å². The normalized spacial score (nSPS) is 12.0. The number of aromatic carboxylic acids is 1. The molecule has 1 amide bonds. The van der Waals surface area contributed by atoms with Crippen molar-refractivity contribution in [1.29, 1.82) is 0 Å². The summed E-state index contributed by atoms with van der Waals surface area (Å²) in [6.45, 7) is 1.82. The van der Waals surface area contributed by atoms with Gasteiger partial charge in [0, 0.05) is 6.42 Å². The molecule has 0 aliphatic rings. The molecule has 0 saturated heterocycles. The quantitative estimate of drug-likeness (QED) is 0.216. The van der Waals surface area contributed by atoms with Crippen molar-refractivity contribution >= 4 is 28.2 Å². The van der Waals surface area contributed by atoms with Crippen molar-refractivity contribution in [2.24, 2.45) is 0 Å². The van der Waals surface area contributed by atoms with Crippen LogP contribution in [-0.2, 0) is 6.42 Å². The Morgan fingerprint density at radius 1 is 0.833 bits per heavy atom. The minimum Gasteiger partial charge on any atom is -0.478 e. The van der Waals surface area contributed by atoms with Gasteiger partial charge in [-0.25, -0.2) is 18.6 Å². The summed E-state index contributed by atoms with van der Waals surface area (Å²) in [5.74, 6) is -1.44. The van der Waals surface area contributed by atoms with Gasteiger partial charge in [0.15, 0.2) is 0 Å². The van der Waals surface area contributed by atoms with Gasteiger partial charge in [-0.2, -0.15) is 0 Å². The minimum absolute atomic E-state index is 0.158. The molecule has 0 radical (unpaired) electrons. The van der Waals surface area contributed by atoms with Crippen LogP contribution >= 0.6 is 0 Å². The highest BCUT2D eigenvalue weighted by Gasteiger charge is 2.19. The summed E-state index contributed by atoms with van der Waals surface area (Å²) in [5, 5.41) is 13.9. The number of benzene rings is 4. The van der Waals surface area contributed by atoms with Gasteiger partial charge < -0.3 is 10.4 Å². The Kier molecular flexibility index (Phi) is 6.96. The molecule has 6 aromatic rings. The number of carbonyl (C=O) groups excluding carboxylic acids is 1. The van der Waals surface area contributed by atoms with E-state index in [0.717, 1.165) is 33.0 Å². The zero-order valence-electron chi connectivity index (χ0n) is 22.5. The molecule has 6 rings (SSSR count). The molecule has 0 bridgehead atoms. The van der Waals surface area contributed by atoms with Crippen molar-refractivity contribution in [3.05, 3.63) is 143 Å². The summed E-state index contributed by atoms with van der Waals surface area (Å²) in [4.78, 5) is 29.7. The van der Waals surface area contributed by atoms with E-state index >= 15 is 0 Å². The molecule has 1 atom stereocenters. The van der Waals surface area contributed by atoms with E-state index in [1.807, 2.05) is 31.2 Å². The fourth-order valence-electron chi connectivity index (χ4n) is 5.13. The first-order valence-electron chi connectivity index (χ1n) is 13.3. The smallest absolute Gasteiger partial charge is 0.335 e. The highest BCUT2D eigenvalue weighted by atomic mass is 19.1. The molecule has 2 N–H and O–H groups in total. The van der Waals surface area contributed by atoms with Crippen molar-refractivity contribution < 1.29 is 23.5 Å². The van der Waals surface area contributed by atoms with E-state index in [1.54, 1.807) is 47.0 Å². The molecule has 0 fully saturated rings. The molecule has 208 valence electrons. The molecule has 0 unspecified atom stereocenters. The number of nitrogens with one attached hydrogen (secondary N) is 1. The lowest BCUT2D eigenvalue weighted by atomic mass is 10.0. The Bertz CT molecular complexity index is 1970. The fourth-order valence-corrected chi connectivity index (χ4v) is 5.13. The maximum atomic E-state index is 13.9. The summed E-state index contributed by atoms with van der Waals surface area (Å²) in [6.07, 6.45) is 2.08. The molecular formula is C34H25F2N3O3. The Morgan fingerprint density at radius 2 is 1.55 bits per heavy atom. The number of amides is 1. The van der Waals surface area contributed by atoms with E-state index in [2.05, 4.69) is 10.3 Å². The Morgan fingerprint density at radius 3 is 2.29 bits per heavy atom. The van der Waals surface area contributed by atoms with Crippen molar-refractivity contribution in [3.8, 4) is 11.1 Å². The monoisotopic (exact) mass is 561 g/mol. The van der Waals surface area contributed by atoms with E-state index in [0.29, 0.717) is 23.5 Å². The lowest BCUT2D eigenvalue weighted by Gasteiger charge is -2.17. The first-order valence-corrected chi connectivity index (χ1v) is 13.3. The third-order valence-corrected chi connectivity index (χ3v) is 7.34. The van der Waals surface area contributed by atoms with Gasteiger partial charge in [-0.05, 0) is 88.5 Å². The number of carboxylic acids is 1. The standard InChI is InChI=1S/C34H25F2N3O3/c1-20(22-4-6-25(7-5-22)34(41)42)38-33(40)31-18-27(24-8-11-28(35)12-9-24)17-30-19-37-32(39(30)31)15-21-2-3-23-10-13-29(36)16-26(23)14-21/h2-14,16-20H,15H2,1H3,(H,38,40)(H,41,42)/t20-/m0/s1. The number of aromatic nitrogens is 2. The van der Waals surface area contributed by atoms with Crippen LogP contribution in [0.4, 0.5) is 8.78 Å². The predicted octanol–water partition coefficient (Wildman–Crippen LogP) is 7.21. The van der Waals surface area contributed by atoms with Crippen molar-refractivity contribution in [2.45, 2.75) is 19.4 Å². The summed E-state index contributed by atoms with van der Waals surface area (Å²) in [6, 6.07) is 26.0. The molecule has 0 saturated carbocycles. The van der Waals surface area contributed by atoms with Gasteiger partial charge in [0.2, 0.25) is 0 Å². The molecule has 0 aliphatic carbocycles. The average Bonchev–Trinajstić information content (AvgIpc) is 3.39. The third-order valence-electron chi connectivity index (χ3n) is 7.34. The number of rotatable bonds is 7. The lowest BCUT2D eigenvalue weighted by Crippen LogP contribution is -2.28.